The summed E-state index contributed by atoms with van der Waals surface area (Å²) in [6.45, 7) is 1.80. The first-order chi connectivity index (χ1) is 18.9. The predicted molar refractivity (Wildman–Crippen MR) is 130 cm³/mol. The number of aromatic nitrogens is 5. The first-order valence-corrected chi connectivity index (χ1v) is 12.0. The van der Waals surface area contributed by atoms with Crippen LogP contribution in [0.1, 0.15) is 18.3 Å². The lowest BCUT2D eigenvalue weighted by Gasteiger charge is -2.46. The zero-order valence-corrected chi connectivity index (χ0v) is 20.9. The minimum atomic E-state index is -4.75. The predicted octanol–water partition coefficient (Wildman–Crippen LogP) is 3.20. The number of nitrogens with zero attached hydrogens (tertiary/aromatic N) is 7. The molecule has 0 spiro atoms. The van der Waals surface area contributed by atoms with Crippen LogP contribution in [0.15, 0.2) is 36.9 Å². The third-order valence-electron chi connectivity index (χ3n) is 6.99. The normalized spacial score (nSPS) is 18.5. The Kier molecular flexibility index (Phi) is 5.69. The van der Waals surface area contributed by atoms with Crippen molar-refractivity contribution in [2.75, 3.05) is 22.9 Å². The van der Waals surface area contributed by atoms with E-state index in [9.17, 15) is 31.9 Å². The van der Waals surface area contributed by atoms with E-state index >= 15 is 0 Å². The highest BCUT2D eigenvalue weighted by atomic mass is 19.4. The number of amides is 1. The van der Waals surface area contributed by atoms with E-state index in [-0.39, 0.29) is 23.9 Å². The number of alkyl halides is 3. The van der Waals surface area contributed by atoms with Gasteiger partial charge in [0.05, 0.1) is 48.6 Å². The molecular formula is C25H20F5N7O3. The lowest BCUT2D eigenvalue weighted by molar-refractivity contribution is -0.267. The Balaban J connectivity index is 1.30. The van der Waals surface area contributed by atoms with Gasteiger partial charge in [-0.2, -0.15) is 17.6 Å². The minimum Gasteiger partial charge on any atom is -0.475 e. The highest BCUT2D eigenvalue weighted by molar-refractivity contribution is 5.99. The molecule has 2 aliphatic rings. The minimum absolute atomic E-state index is 0.0280. The van der Waals surface area contributed by atoms with Gasteiger partial charge in [0.2, 0.25) is 11.8 Å². The second-order valence-corrected chi connectivity index (χ2v) is 9.70. The van der Waals surface area contributed by atoms with E-state index < -0.39 is 48.5 Å². The van der Waals surface area contributed by atoms with Gasteiger partial charge < -0.3 is 14.7 Å². The number of anilines is 2. The molecular weight excluding hydrogens is 541 g/mol. The zero-order valence-electron chi connectivity index (χ0n) is 20.9. The maximum atomic E-state index is 14.5. The van der Waals surface area contributed by atoms with Gasteiger partial charge in [0.1, 0.15) is 0 Å². The summed E-state index contributed by atoms with van der Waals surface area (Å²) in [5.74, 6) is -3.06. The number of benzene rings is 1. The van der Waals surface area contributed by atoms with Crippen LogP contribution in [0.25, 0.3) is 16.9 Å². The highest BCUT2D eigenvalue weighted by Crippen LogP contribution is 2.40. The maximum absolute atomic E-state index is 14.5. The Bertz CT molecular complexity index is 1650. The Morgan fingerprint density at radius 3 is 2.50 bits per heavy atom. The second kappa shape index (κ2) is 8.81. The second-order valence-electron chi connectivity index (χ2n) is 9.70. The molecule has 2 aliphatic heterocycles. The molecule has 0 saturated carbocycles. The van der Waals surface area contributed by atoms with Crippen LogP contribution < -0.4 is 14.5 Å². The standard InChI is InChI=1S/C25H20F5N7O3/c1-12-18(9-37-17-4-3-15(26)20(27)21(17)40-13(2)22(37)38)36-8-16(31-7-19(36)34-12)14-5-32-23(33-6-14)35-10-24(39,11-35)25(28,29)30/h3-8,13,39H,9-11H2,1-2H3/t13-/m1/s1. The molecule has 208 valence electrons. The number of carbonyl (C=O) groups is 1. The first-order valence-electron chi connectivity index (χ1n) is 12.0. The summed E-state index contributed by atoms with van der Waals surface area (Å²) in [5.41, 5.74) is -0.259. The first kappa shape index (κ1) is 25.9. The van der Waals surface area contributed by atoms with Crippen LogP contribution in [-0.4, -0.2) is 66.3 Å². The smallest absolute Gasteiger partial charge is 0.420 e. The summed E-state index contributed by atoms with van der Waals surface area (Å²) < 4.78 is 74.1. The number of hydrogen-bond acceptors (Lipinski definition) is 8. The molecule has 4 aromatic rings. The zero-order chi connectivity index (χ0) is 28.6. The molecule has 40 heavy (non-hydrogen) atoms. The lowest BCUT2D eigenvalue weighted by atomic mass is 9.94. The molecule has 1 saturated heterocycles. The Hall–Kier alpha value is -4.40. The number of β-amino-alcohol motifs (C(OH)–C–C–N with tert-alkyl or cyclic N) is 1. The van der Waals surface area contributed by atoms with E-state index in [0.717, 1.165) is 6.07 Å². The van der Waals surface area contributed by atoms with Crippen molar-refractivity contribution in [2.45, 2.75) is 38.3 Å². The Labute approximate surface area is 222 Å². The number of ether oxygens (including phenoxy) is 1. The largest absolute Gasteiger partial charge is 0.475 e. The molecule has 1 aromatic carbocycles. The summed E-state index contributed by atoms with van der Waals surface area (Å²) in [7, 11) is 0. The van der Waals surface area contributed by atoms with Gasteiger partial charge in [0.15, 0.2) is 28.9 Å². The summed E-state index contributed by atoms with van der Waals surface area (Å²) in [6, 6.07) is 2.19. The number of halogens is 5. The van der Waals surface area contributed by atoms with Crippen molar-refractivity contribution in [3.63, 3.8) is 0 Å². The van der Waals surface area contributed by atoms with Gasteiger partial charge in [0, 0.05) is 24.2 Å². The quantitative estimate of drug-likeness (QED) is 0.379. The van der Waals surface area contributed by atoms with Crippen molar-refractivity contribution in [3.8, 4) is 17.0 Å². The molecule has 0 radical (unpaired) electrons. The molecule has 10 nitrogen and oxygen atoms in total. The van der Waals surface area contributed by atoms with Gasteiger partial charge in [-0.3, -0.25) is 19.1 Å². The summed E-state index contributed by atoms with van der Waals surface area (Å²) in [5, 5.41) is 9.66. The number of hydrogen-bond donors (Lipinski definition) is 1. The summed E-state index contributed by atoms with van der Waals surface area (Å²) in [4.78, 5) is 32.6. The van der Waals surface area contributed by atoms with Crippen LogP contribution in [0.5, 0.6) is 5.75 Å². The van der Waals surface area contributed by atoms with E-state index in [0.29, 0.717) is 28.3 Å². The molecule has 1 N–H and O–H groups in total. The third kappa shape index (κ3) is 3.99. The number of imidazole rings is 1. The monoisotopic (exact) mass is 561 g/mol. The molecule has 15 heteroatoms. The van der Waals surface area contributed by atoms with Crippen molar-refractivity contribution in [3.05, 3.63) is 59.9 Å². The maximum Gasteiger partial charge on any atom is 0.420 e. The van der Waals surface area contributed by atoms with Gasteiger partial charge in [0.25, 0.3) is 5.91 Å². The van der Waals surface area contributed by atoms with Crippen LogP contribution in [0.2, 0.25) is 0 Å². The van der Waals surface area contributed by atoms with E-state index in [1.807, 2.05) is 0 Å². The van der Waals surface area contributed by atoms with Gasteiger partial charge in [-0.15, -0.1) is 0 Å². The molecule has 3 aromatic heterocycles. The van der Waals surface area contributed by atoms with Gasteiger partial charge >= 0.3 is 6.18 Å². The fourth-order valence-electron chi connectivity index (χ4n) is 4.71. The van der Waals surface area contributed by atoms with Crippen molar-refractivity contribution in [1.29, 1.82) is 0 Å². The fourth-order valence-corrected chi connectivity index (χ4v) is 4.71. The van der Waals surface area contributed by atoms with Gasteiger partial charge in [-0.05, 0) is 26.0 Å². The molecule has 5 heterocycles. The number of rotatable bonds is 4. The van der Waals surface area contributed by atoms with E-state index in [2.05, 4.69) is 19.9 Å². The fraction of sp³-hybridized carbons (Fsp3) is 0.320. The average Bonchev–Trinajstić information content (AvgIpc) is 3.20. The van der Waals surface area contributed by atoms with Gasteiger partial charge in [-0.25, -0.2) is 19.3 Å². The molecule has 0 bridgehead atoms. The lowest BCUT2D eigenvalue weighted by Crippen LogP contribution is -2.69. The number of fused-ring (bicyclic) bond motifs is 2. The van der Waals surface area contributed by atoms with E-state index in [1.165, 1.54) is 41.4 Å². The Morgan fingerprint density at radius 2 is 1.82 bits per heavy atom. The molecule has 6 rings (SSSR count). The van der Waals surface area contributed by atoms with Crippen molar-refractivity contribution < 1.29 is 36.6 Å². The number of aryl methyl sites for hydroxylation is 1. The molecule has 1 amide bonds. The number of carbonyl (C=O) groups excluding carboxylic acids is 1. The van der Waals surface area contributed by atoms with Crippen LogP contribution in [-0.2, 0) is 11.3 Å². The van der Waals surface area contributed by atoms with Gasteiger partial charge in [-0.1, -0.05) is 0 Å². The van der Waals surface area contributed by atoms with E-state index in [4.69, 9.17) is 4.74 Å². The SMILES string of the molecule is Cc1nc2cnc(-c3cnc(N4CC(O)(C(F)(F)F)C4)nc3)cn2c1CN1C(=O)[C@@H](C)Oc2c1ccc(F)c2F. The molecule has 0 aliphatic carbocycles. The topological polar surface area (TPSA) is 109 Å². The molecule has 1 atom stereocenters. The molecule has 1 fully saturated rings. The highest BCUT2D eigenvalue weighted by Gasteiger charge is 2.61. The van der Waals surface area contributed by atoms with Crippen LogP contribution in [0, 0.1) is 18.6 Å². The van der Waals surface area contributed by atoms with Crippen LogP contribution in [0.4, 0.5) is 33.6 Å². The molecule has 0 unspecified atom stereocenters. The Morgan fingerprint density at radius 1 is 1.12 bits per heavy atom. The summed E-state index contributed by atoms with van der Waals surface area (Å²) in [6.07, 6.45) is 0.118. The average molecular weight is 561 g/mol. The van der Waals surface area contributed by atoms with E-state index in [1.54, 1.807) is 17.5 Å². The van der Waals surface area contributed by atoms with Crippen molar-refractivity contribution in [1.82, 2.24) is 24.3 Å². The van der Waals surface area contributed by atoms with Crippen LogP contribution in [0.3, 0.4) is 0 Å². The number of aliphatic hydroxyl groups is 1. The third-order valence-corrected chi connectivity index (χ3v) is 6.99. The van der Waals surface area contributed by atoms with Crippen LogP contribution >= 0.6 is 0 Å². The van der Waals surface area contributed by atoms with Crippen molar-refractivity contribution in [2.24, 2.45) is 0 Å². The summed E-state index contributed by atoms with van der Waals surface area (Å²) >= 11 is 0. The van der Waals surface area contributed by atoms with Crippen molar-refractivity contribution >= 4 is 23.2 Å².